The maximum absolute atomic E-state index is 12.5. The van der Waals surface area contributed by atoms with Crippen molar-refractivity contribution in [3.8, 4) is 17.2 Å². The highest BCUT2D eigenvalue weighted by Gasteiger charge is 2.14. The van der Waals surface area contributed by atoms with Crippen molar-refractivity contribution in [1.29, 1.82) is 0 Å². The van der Waals surface area contributed by atoms with Crippen LogP contribution < -0.4 is 24.8 Å². The maximum Gasteiger partial charge on any atom is 0.257 e. The molecule has 8 heteroatoms. The Kier molecular flexibility index (Phi) is 4.90. The van der Waals surface area contributed by atoms with Gasteiger partial charge in [0.05, 0.1) is 18.4 Å². The van der Waals surface area contributed by atoms with Crippen molar-refractivity contribution in [3.05, 3.63) is 65.3 Å². The first-order valence-corrected chi connectivity index (χ1v) is 8.78. The summed E-state index contributed by atoms with van der Waals surface area (Å²) in [6, 6.07) is 13.9. The quantitative estimate of drug-likeness (QED) is 0.661. The van der Waals surface area contributed by atoms with Gasteiger partial charge >= 0.3 is 0 Å². The molecule has 1 aliphatic heterocycles. The van der Waals surface area contributed by atoms with Gasteiger partial charge in [-0.2, -0.15) is 0 Å². The van der Waals surface area contributed by atoms with E-state index in [-0.39, 0.29) is 12.7 Å². The molecule has 2 aromatic carbocycles. The second-order valence-corrected chi connectivity index (χ2v) is 6.36. The van der Waals surface area contributed by atoms with Crippen molar-refractivity contribution in [3.63, 3.8) is 0 Å². The fourth-order valence-corrected chi connectivity index (χ4v) is 2.87. The number of amides is 1. The molecule has 0 saturated heterocycles. The van der Waals surface area contributed by atoms with E-state index in [0.29, 0.717) is 39.3 Å². The predicted octanol–water partition coefficient (Wildman–Crippen LogP) is 4.47. The van der Waals surface area contributed by atoms with Gasteiger partial charge in [0.25, 0.3) is 5.91 Å². The molecule has 1 amide bonds. The molecule has 1 aliphatic rings. The molecular weight excluding hydrogens is 382 g/mol. The molecule has 142 valence electrons. The van der Waals surface area contributed by atoms with Crippen LogP contribution in [0.2, 0.25) is 5.02 Å². The topological polar surface area (TPSA) is 81.7 Å². The number of hydrogen-bond acceptors (Lipinski definition) is 6. The van der Waals surface area contributed by atoms with Crippen LogP contribution in [0.3, 0.4) is 0 Å². The largest absolute Gasteiger partial charge is 0.495 e. The van der Waals surface area contributed by atoms with E-state index in [0.717, 1.165) is 5.69 Å². The fraction of sp³-hybridized carbons (Fsp3) is 0.100. The number of nitrogens with one attached hydrogen (secondary N) is 2. The number of methoxy groups -OCH3 is 1. The van der Waals surface area contributed by atoms with E-state index in [1.807, 2.05) is 18.2 Å². The summed E-state index contributed by atoms with van der Waals surface area (Å²) in [5.74, 6) is 2.18. The number of carbonyl (C=O) groups excluding carboxylic acids is 1. The molecule has 7 nitrogen and oxygen atoms in total. The standard InChI is InChI=1S/C20H16ClN3O4/c1-26-16-5-3-13(21)8-15(16)24-20(25)12-2-7-19(22-10-12)23-14-4-6-17-18(9-14)28-11-27-17/h2-10H,11H2,1H3,(H,22,23)(H,24,25). The normalized spacial score (nSPS) is 11.8. The molecule has 28 heavy (non-hydrogen) atoms. The van der Waals surface area contributed by atoms with Crippen LogP contribution in [0.25, 0.3) is 0 Å². The number of benzene rings is 2. The second kappa shape index (κ2) is 7.66. The summed E-state index contributed by atoms with van der Waals surface area (Å²) in [7, 11) is 1.52. The molecular formula is C20H16ClN3O4. The highest BCUT2D eigenvalue weighted by molar-refractivity contribution is 6.31. The Labute approximate surface area is 166 Å². The molecule has 0 atom stereocenters. The van der Waals surface area contributed by atoms with Gasteiger partial charge in [0.2, 0.25) is 6.79 Å². The zero-order chi connectivity index (χ0) is 19.5. The van der Waals surface area contributed by atoms with Crippen LogP contribution in [0.4, 0.5) is 17.2 Å². The number of nitrogens with zero attached hydrogens (tertiary/aromatic N) is 1. The van der Waals surface area contributed by atoms with Crippen LogP contribution in [0.5, 0.6) is 17.2 Å². The number of aromatic nitrogens is 1. The minimum atomic E-state index is -0.317. The van der Waals surface area contributed by atoms with Crippen LogP contribution in [0, 0.1) is 0 Å². The summed E-state index contributed by atoms with van der Waals surface area (Å²) >= 11 is 5.99. The third-order valence-corrected chi connectivity index (χ3v) is 4.32. The number of fused-ring (bicyclic) bond motifs is 1. The van der Waals surface area contributed by atoms with E-state index < -0.39 is 0 Å². The summed E-state index contributed by atoms with van der Waals surface area (Å²) in [4.78, 5) is 16.8. The van der Waals surface area contributed by atoms with Crippen molar-refractivity contribution in [2.45, 2.75) is 0 Å². The van der Waals surface area contributed by atoms with Gasteiger partial charge in [-0.25, -0.2) is 4.98 Å². The molecule has 2 heterocycles. The summed E-state index contributed by atoms with van der Waals surface area (Å²) in [6.07, 6.45) is 1.49. The average molecular weight is 398 g/mol. The van der Waals surface area contributed by atoms with Gasteiger partial charge in [-0.3, -0.25) is 4.79 Å². The smallest absolute Gasteiger partial charge is 0.257 e. The minimum Gasteiger partial charge on any atom is -0.495 e. The monoisotopic (exact) mass is 397 g/mol. The molecule has 0 bridgehead atoms. The highest BCUT2D eigenvalue weighted by atomic mass is 35.5. The molecule has 3 aromatic rings. The zero-order valence-corrected chi connectivity index (χ0v) is 15.6. The maximum atomic E-state index is 12.5. The predicted molar refractivity (Wildman–Crippen MR) is 106 cm³/mol. The van der Waals surface area contributed by atoms with E-state index in [1.165, 1.54) is 13.3 Å². The molecule has 0 saturated carbocycles. The summed E-state index contributed by atoms with van der Waals surface area (Å²) < 4.78 is 15.9. The Morgan fingerprint density at radius 3 is 2.75 bits per heavy atom. The molecule has 0 radical (unpaired) electrons. The van der Waals surface area contributed by atoms with E-state index in [4.69, 9.17) is 25.8 Å². The summed E-state index contributed by atoms with van der Waals surface area (Å²) in [5, 5.41) is 6.43. The second-order valence-electron chi connectivity index (χ2n) is 5.92. The minimum absolute atomic E-state index is 0.220. The van der Waals surface area contributed by atoms with Crippen LogP contribution >= 0.6 is 11.6 Å². The van der Waals surface area contributed by atoms with Crippen molar-refractivity contribution in [2.75, 3.05) is 24.5 Å². The first-order chi connectivity index (χ1) is 13.6. The van der Waals surface area contributed by atoms with Gasteiger partial charge in [-0.05, 0) is 42.5 Å². The molecule has 0 spiro atoms. The fourth-order valence-electron chi connectivity index (χ4n) is 2.70. The lowest BCUT2D eigenvalue weighted by Gasteiger charge is -2.11. The van der Waals surface area contributed by atoms with Gasteiger partial charge in [0.15, 0.2) is 11.5 Å². The molecule has 1 aromatic heterocycles. The Balaban J connectivity index is 1.46. The highest BCUT2D eigenvalue weighted by Crippen LogP contribution is 2.35. The number of rotatable bonds is 5. The molecule has 2 N–H and O–H groups in total. The molecule has 0 aliphatic carbocycles. The van der Waals surface area contributed by atoms with Crippen molar-refractivity contribution >= 4 is 34.7 Å². The number of hydrogen-bond donors (Lipinski definition) is 2. The Hall–Kier alpha value is -3.45. The average Bonchev–Trinajstić information content (AvgIpc) is 3.16. The van der Waals surface area contributed by atoms with Crippen LogP contribution in [0.15, 0.2) is 54.7 Å². The number of ether oxygens (including phenoxy) is 3. The third kappa shape index (κ3) is 3.79. The molecule has 4 rings (SSSR count). The first-order valence-electron chi connectivity index (χ1n) is 8.40. The van der Waals surface area contributed by atoms with Crippen molar-refractivity contribution in [1.82, 2.24) is 4.98 Å². The van der Waals surface area contributed by atoms with E-state index in [1.54, 1.807) is 30.3 Å². The SMILES string of the molecule is COc1ccc(Cl)cc1NC(=O)c1ccc(Nc2ccc3c(c2)OCO3)nc1. The Morgan fingerprint density at radius 2 is 1.96 bits per heavy atom. The molecule has 0 fully saturated rings. The van der Waals surface area contributed by atoms with Gasteiger partial charge in [0, 0.05) is 23.0 Å². The van der Waals surface area contributed by atoms with Crippen molar-refractivity contribution in [2.24, 2.45) is 0 Å². The van der Waals surface area contributed by atoms with Crippen LogP contribution in [-0.4, -0.2) is 24.8 Å². The Bertz CT molecular complexity index is 1020. The van der Waals surface area contributed by atoms with Gasteiger partial charge < -0.3 is 24.8 Å². The number of carbonyl (C=O) groups is 1. The van der Waals surface area contributed by atoms with Gasteiger partial charge in [0.1, 0.15) is 11.6 Å². The summed E-state index contributed by atoms with van der Waals surface area (Å²) in [6.45, 7) is 0.220. The number of halogens is 1. The van der Waals surface area contributed by atoms with Crippen LogP contribution in [0.1, 0.15) is 10.4 Å². The van der Waals surface area contributed by atoms with E-state index in [2.05, 4.69) is 15.6 Å². The summed E-state index contributed by atoms with van der Waals surface area (Å²) in [5.41, 5.74) is 1.69. The number of anilines is 3. The first kappa shape index (κ1) is 17.9. The van der Waals surface area contributed by atoms with Gasteiger partial charge in [-0.1, -0.05) is 11.6 Å². The lowest BCUT2D eigenvalue weighted by atomic mass is 10.2. The lowest BCUT2D eigenvalue weighted by molar-refractivity contribution is 0.102. The Morgan fingerprint density at radius 1 is 1.11 bits per heavy atom. The third-order valence-electron chi connectivity index (χ3n) is 4.08. The lowest BCUT2D eigenvalue weighted by Crippen LogP contribution is -2.13. The number of pyridine rings is 1. The zero-order valence-electron chi connectivity index (χ0n) is 14.9. The van der Waals surface area contributed by atoms with Crippen molar-refractivity contribution < 1.29 is 19.0 Å². The van der Waals surface area contributed by atoms with E-state index >= 15 is 0 Å². The molecule has 0 unspecified atom stereocenters. The van der Waals surface area contributed by atoms with Crippen LogP contribution in [-0.2, 0) is 0 Å². The van der Waals surface area contributed by atoms with Gasteiger partial charge in [-0.15, -0.1) is 0 Å². The van der Waals surface area contributed by atoms with E-state index in [9.17, 15) is 4.79 Å².